The molecular formula is C22H19BrOS. The molecule has 0 saturated carbocycles. The predicted molar refractivity (Wildman–Crippen MR) is 113 cm³/mol. The summed E-state index contributed by atoms with van der Waals surface area (Å²) in [5, 5.41) is 0. The Balaban J connectivity index is 2.14. The van der Waals surface area contributed by atoms with Crippen LogP contribution < -0.4 is 4.74 Å². The van der Waals surface area contributed by atoms with Gasteiger partial charge in [-0.05, 0) is 63.1 Å². The number of ether oxygens (including phenoxy) is 1. The fraction of sp³-hybridized carbons (Fsp3) is 0.0909. The number of hydrogen-bond donors (Lipinski definition) is 0. The Morgan fingerprint density at radius 3 is 1.88 bits per heavy atom. The van der Waals surface area contributed by atoms with Crippen molar-refractivity contribution in [1.82, 2.24) is 0 Å². The van der Waals surface area contributed by atoms with E-state index >= 15 is 0 Å². The van der Waals surface area contributed by atoms with Gasteiger partial charge in [0.15, 0.2) is 0 Å². The molecular weight excluding hydrogens is 392 g/mol. The molecule has 126 valence electrons. The minimum Gasteiger partial charge on any atom is -0.497 e. The van der Waals surface area contributed by atoms with Crippen LogP contribution in [-0.2, 0) is 0 Å². The summed E-state index contributed by atoms with van der Waals surface area (Å²) in [7, 11) is 1.69. The highest BCUT2D eigenvalue weighted by molar-refractivity contribution is 9.15. The number of halogens is 1. The molecule has 0 saturated heterocycles. The second-order valence-electron chi connectivity index (χ2n) is 5.51. The van der Waals surface area contributed by atoms with Crippen molar-refractivity contribution in [2.75, 3.05) is 13.4 Å². The molecule has 1 nitrogen and oxygen atoms in total. The number of hydrogen-bond acceptors (Lipinski definition) is 2. The highest BCUT2D eigenvalue weighted by Crippen LogP contribution is 2.37. The molecule has 3 heteroatoms. The second-order valence-corrected chi connectivity index (χ2v) is 7.18. The molecule has 0 aromatic heterocycles. The lowest BCUT2D eigenvalue weighted by molar-refractivity contribution is 0.415. The van der Waals surface area contributed by atoms with Crippen molar-refractivity contribution in [3.05, 3.63) is 95.6 Å². The predicted octanol–water partition coefficient (Wildman–Crippen LogP) is 6.73. The van der Waals surface area contributed by atoms with Crippen LogP contribution in [0.4, 0.5) is 0 Å². The molecule has 0 fully saturated rings. The molecule has 0 bridgehead atoms. The SMILES string of the molecule is COc1ccc(/C(=C(/Br)c2ccc(SC)cc2)c2ccccc2)cc1. The molecule has 0 amide bonds. The monoisotopic (exact) mass is 410 g/mol. The van der Waals surface area contributed by atoms with Crippen molar-refractivity contribution < 1.29 is 4.74 Å². The maximum absolute atomic E-state index is 5.30. The molecule has 0 radical (unpaired) electrons. The zero-order chi connectivity index (χ0) is 17.6. The zero-order valence-corrected chi connectivity index (χ0v) is 16.6. The molecule has 0 unspecified atom stereocenters. The fourth-order valence-electron chi connectivity index (χ4n) is 2.66. The van der Waals surface area contributed by atoms with Crippen LogP contribution in [0.1, 0.15) is 16.7 Å². The molecule has 0 heterocycles. The lowest BCUT2D eigenvalue weighted by Gasteiger charge is -2.13. The summed E-state index contributed by atoms with van der Waals surface area (Å²) in [5.41, 5.74) is 4.65. The molecule has 0 aliphatic carbocycles. The van der Waals surface area contributed by atoms with Crippen LogP contribution in [-0.4, -0.2) is 13.4 Å². The number of thioether (sulfide) groups is 1. The van der Waals surface area contributed by atoms with Crippen LogP contribution >= 0.6 is 27.7 Å². The van der Waals surface area contributed by atoms with Crippen LogP contribution in [0.2, 0.25) is 0 Å². The van der Waals surface area contributed by atoms with Crippen molar-refractivity contribution in [3.63, 3.8) is 0 Å². The third-order valence-corrected chi connectivity index (χ3v) is 5.60. The van der Waals surface area contributed by atoms with E-state index in [-0.39, 0.29) is 0 Å². The van der Waals surface area contributed by atoms with Gasteiger partial charge in [-0.3, -0.25) is 0 Å². The lowest BCUT2D eigenvalue weighted by atomic mass is 9.95. The van der Waals surface area contributed by atoms with E-state index in [9.17, 15) is 0 Å². The van der Waals surface area contributed by atoms with Gasteiger partial charge in [-0.15, -0.1) is 11.8 Å². The lowest BCUT2D eigenvalue weighted by Crippen LogP contribution is -1.92. The van der Waals surface area contributed by atoms with Crippen LogP contribution in [0, 0.1) is 0 Å². The maximum Gasteiger partial charge on any atom is 0.118 e. The first kappa shape index (κ1) is 17.8. The average molecular weight is 411 g/mol. The molecule has 0 spiro atoms. The Morgan fingerprint density at radius 1 is 0.760 bits per heavy atom. The van der Waals surface area contributed by atoms with Crippen molar-refractivity contribution >= 4 is 37.7 Å². The summed E-state index contributed by atoms with van der Waals surface area (Å²) in [6.07, 6.45) is 2.09. The van der Waals surface area contributed by atoms with Gasteiger partial charge in [0.1, 0.15) is 5.75 Å². The van der Waals surface area contributed by atoms with Gasteiger partial charge in [0, 0.05) is 15.0 Å². The van der Waals surface area contributed by atoms with Crippen LogP contribution in [0.5, 0.6) is 5.75 Å². The molecule has 0 aliphatic rings. The quantitative estimate of drug-likeness (QED) is 0.340. The molecule has 0 atom stereocenters. The van der Waals surface area contributed by atoms with E-state index in [0.717, 1.165) is 21.4 Å². The smallest absolute Gasteiger partial charge is 0.118 e. The summed E-state index contributed by atoms with van der Waals surface area (Å²) < 4.78 is 6.38. The molecule has 0 aliphatic heterocycles. The van der Waals surface area contributed by atoms with Crippen molar-refractivity contribution in [1.29, 1.82) is 0 Å². The Hall–Kier alpha value is -1.97. The maximum atomic E-state index is 5.30. The normalized spacial score (nSPS) is 11.8. The largest absolute Gasteiger partial charge is 0.497 e. The Kier molecular flexibility index (Phi) is 6.00. The van der Waals surface area contributed by atoms with Gasteiger partial charge in [0.05, 0.1) is 7.11 Å². The fourth-order valence-corrected chi connectivity index (χ4v) is 3.79. The van der Waals surface area contributed by atoms with E-state index in [2.05, 4.69) is 82.8 Å². The second kappa shape index (κ2) is 8.41. The van der Waals surface area contributed by atoms with Gasteiger partial charge in [0.25, 0.3) is 0 Å². The summed E-state index contributed by atoms with van der Waals surface area (Å²) in [5.74, 6) is 0.858. The molecule has 3 aromatic rings. The highest BCUT2D eigenvalue weighted by atomic mass is 79.9. The average Bonchev–Trinajstić information content (AvgIpc) is 2.69. The number of rotatable bonds is 5. The van der Waals surface area contributed by atoms with Crippen molar-refractivity contribution in [2.24, 2.45) is 0 Å². The van der Waals surface area contributed by atoms with Gasteiger partial charge >= 0.3 is 0 Å². The summed E-state index contributed by atoms with van der Waals surface area (Å²) >= 11 is 5.60. The van der Waals surface area contributed by atoms with Crippen molar-refractivity contribution in [3.8, 4) is 5.75 Å². The van der Waals surface area contributed by atoms with E-state index in [1.54, 1.807) is 18.9 Å². The van der Waals surface area contributed by atoms with Crippen molar-refractivity contribution in [2.45, 2.75) is 4.90 Å². The molecule has 25 heavy (non-hydrogen) atoms. The van der Waals surface area contributed by atoms with Gasteiger partial charge < -0.3 is 4.74 Å². The summed E-state index contributed by atoms with van der Waals surface area (Å²) in [4.78, 5) is 1.26. The number of methoxy groups -OCH3 is 1. The third-order valence-electron chi connectivity index (χ3n) is 4.00. The third kappa shape index (κ3) is 4.17. The minimum atomic E-state index is 0.858. The van der Waals surface area contributed by atoms with Gasteiger partial charge in [-0.1, -0.05) is 54.6 Å². The minimum absolute atomic E-state index is 0.858. The van der Waals surface area contributed by atoms with E-state index in [1.165, 1.54) is 16.0 Å². The first-order valence-corrected chi connectivity index (χ1v) is 9.98. The van der Waals surface area contributed by atoms with Gasteiger partial charge in [-0.25, -0.2) is 0 Å². The number of benzene rings is 3. The van der Waals surface area contributed by atoms with Crippen LogP contribution in [0.3, 0.4) is 0 Å². The van der Waals surface area contributed by atoms with E-state index in [1.807, 2.05) is 18.2 Å². The standard InChI is InChI=1S/C22H19BrOS/c1-24-19-12-8-17(9-13-19)21(16-6-4-3-5-7-16)22(23)18-10-14-20(25-2)15-11-18/h3-15H,1-2H3/b22-21+. The Labute approximate surface area is 161 Å². The highest BCUT2D eigenvalue weighted by Gasteiger charge is 2.12. The van der Waals surface area contributed by atoms with E-state index < -0.39 is 0 Å². The first-order chi connectivity index (χ1) is 12.2. The summed E-state index contributed by atoms with van der Waals surface area (Å²) in [6, 6.07) is 27.2. The van der Waals surface area contributed by atoms with Gasteiger partial charge in [-0.2, -0.15) is 0 Å². The first-order valence-electron chi connectivity index (χ1n) is 7.97. The Bertz CT molecular complexity index is 853. The van der Waals surface area contributed by atoms with Crippen LogP contribution in [0.25, 0.3) is 10.1 Å². The summed E-state index contributed by atoms with van der Waals surface area (Å²) in [6.45, 7) is 0. The Morgan fingerprint density at radius 2 is 1.32 bits per heavy atom. The topological polar surface area (TPSA) is 9.23 Å². The van der Waals surface area contributed by atoms with E-state index in [4.69, 9.17) is 4.74 Å². The molecule has 3 aromatic carbocycles. The zero-order valence-electron chi connectivity index (χ0n) is 14.2. The van der Waals surface area contributed by atoms with E-state index in [0.29, 0.717) is 0 Å². The molecule has 3 rings (SSSR count). The molecule has 0 N–H and O–H groups in total. The van der Waals surface area contributed by atoms with Crippen LogP contribution in [0.15, 0.2) is 83.8 Å². The van der Waals surface area contributed by atoms with Gasteiger partial charge in [0.2, 0.25) is 0 Å².